The molecule has 16 heavy (non-hydrogen) atoms. The molecule has 1 heterocycles. The minimum atomic E-state index is 0.273. The molecular weight excluding hydrogens is 206 g/mol. The van der Waals surface area contributed by atoms with E-state index in [2.05, 4.69) is 9.97 Å². The Balaban J connectivity index is 1.87. The number of methoxy groups -OCH3 is 1. The van der Waals surface area contributed by atoms with Crippen LogP contribution in [0.25, 0.3) is 0 Å². The van der Waals surface area contributed by atoms with Gasteiger partial charge in [0.15, 0.2) is 0 Å². The Morgan fingerprint density at radius 1 is 1.50 bits per heavy atom. The summed E-state index contributed by atoms with van der Waals surface area (Å²) in [5.74, 6) is 0.898. The summed E-state index contributed by atoms with van der Waals surface area (Å²) in [6, 6.07) is 0.273. The van der Waals surface area contributed by atoms with E-state index in [1.54, 1.807) is 7.11 Å². The van der Waals surface area contributed by atoms with E-state index in [1.807, 2.05) is 0 Å². The van der Waals surface area contributed by atoms with Crippen molar-refractivity contribution in [1.82, 2.24) is 9.97 Å². The fraction of sp³-hybridized carbons (Fsp3) is 0.727. The standard InChI is InChI=1S/C11H19N3O2/c1-15-4-5-16-7-11-13-9-3-2-8(12)6-10(9)14-11/h8H,2-7,12H2,1H3,(H,13,14). The lowest BCUT2D eigenvalue weighted by Crippen LogP contribution is -2.27. The van der Waals surface area contributed by atoms with Gasteiger partial charge in [0.1, 0.15) is 12.4 Å². The summed E-state index contributed by atoms with van der Waals surface area (Å²) in [4.78, 5) is 7.79. The van der Waals surface area contributed by atoms with Crippen LogP contribution < -0.4 is 5.73 Å². The van der Waals surface area contributed by atoms with E-state index in [4.69, 9.17) is 15.2 Å². The molecule has 3 N–H and O–H groups in total. The number of nitrogens with one attached hydrogen (secondary N) is 1. The second kappa shape index (κ2) is 5.43. The zero-order valence-corrected chi connectivity index (χ0v) is 9.66. The van der Waals surface area contributed by atoms with Crippen molar-refractivity contribution < 1.29 is 9.47 Å². The average molecular weight is 225 g/mol. The molecule has 1 atom stereocenters. The number of imidazole rings is 1. The number of aromatic amines is 1. The van der Waals surface area contributed by atoms with E-state index < -0.39 is 0 Å². The molecule has 1 aliphatic carbocycles. The van der Waals surface area contributed by atoms with Gasteiger partial charge < -0.3 is 20.2 Å². The van der Waals surface area contributed by atoms with E-state index in [-0.39, 0.29) is 6.04 Å². The highest BCUT2D eigenvalue weighted by molar-refractivity contribution is 5.19. The number of nitrogens with two attached hydrogens (primary N) is 1. The summed E-state index contributed by atoms with van der Waals surface area (Å²) in [6.07, 6.45) is 2.91. The first-order valence-electron chi connectivity index (χ1n) is 5.68. The number of ether oxygens (including phenoxy) is 2. The van der Waals surface area contributed by atoms with Crippen LogP contribution >= 0.6 is 0 Å². The lowest BCUT2D eigenvalue weighted by molar-refractivity contribution is 0.0588. The Kier molecular flexibility index (Phi) is 3.93. The Bertz CT molecular complexity index is 338. The van der Waals surface area contributed by atoms with Crippen LogP contribution in [-0.4, -0.2) is 36.3 Å². The number of fused-ring (bicyclic) bond motifs is 1. The minimum Gasteiger partial charge on any atom is -0.382 e. The predicted octanol–water partition coefficient (Wildman–Crippen LogP) is 0.389. The zero-order valence-electron chi connectivity index (χ0n) is 9.66. The van der Waals surface area contributed by atoms with Crippen LogP contribution in [0.3, 0.4) is 0 Å². The molecule has 0 saturated heterocycles. The van der Waals surface area contributed by atoms with E-state index >= 15 is 0 Å². The van der Waals surface area contributed by atoms with E-state index in [0.29, 0.717) is 19.8 Å². The number of H-pyrrole nitrogens is 1. The second-order valence-electron chi connectivity index (χ2n) is 4.16. The van der Waals surface area contributed by atoms with Crippen LogP contribution in [-0.2, 0) is 28.9 Å². The van der Waals surface area contributed by atoms with Crippen molar-refractivity contribution in [2.45, 2.75) is 31.9 Å². The van der Waals surface area contributed by atoms with Gasteiger partial charge in [-0.1, -0.05) is 0 Å². The molecule has 0 amide bonds. The third kappa shape index (κ3) is 2.81. The first-order valence-corrected chi connectivity index (χ1v) is 5.68. The third-order valence-corrected chi connectivity index (χ3v) is 2.80. The maximum absolute atomic E-state index is 5.90. The second-order valence-corrected chi connectivity index (χ2v) is 4.16. The molecule has 0 spiro atoms. The number of aromatic nitrogens is 2. The number of nitrogens with zero attached hydrogens (tertiary/aromatic N) is 1. The van der Waals surface area contributed by atoms with Gasteiger partial charge in [-0.15, -0.1) is 0 Å². The summed E-state index contributed by atoms with van der Waals surface area (Å²) in [5.41, 5.74) is 8.25. The van der Waals surface area contributed by atoms with Gasteiger partial charge in [-0.05, 0) is 12.8 Å². The molecule has 90 valence electrons. The molecule has 0 aromatic carbocycles. The Hall–Kier alpha value is -0.910. The smallest absolute Gasteiger partial charge is 0.132 e. The topological polar surface area (TPSA) is 73.2 Å². The molecule has 2 rings (SSSR count). The molecule has 1 aromatic rings. The molecule has 0 radical (unpaired) electrons. The van der Waals surface area contributed by atoms with Gasteiger partial charge in [0.2, 0.25) is 0 Å². The van der Waals surface area contributed by atoms with Crippen molar-refractivity contribution in [3.63, 3.8) is 0 Å². The summed E-state index contributed by atoms with van der Waals surface area (Å²) >= 11 is 0. The maximum Gasteiger partial charge on any atom is 0.132 e. The predicted molar refractivity (Wildman–Crippen MR) is 60.1 cm³/mol. The van der Waals surface area contributed by atoms with Gasteiger partial charge in [-0.3, -0.25) is 0 Å². The van der Waals surface area contributed by atoms with Crippen molar-refractivity contribution in [2.75, 3.05) is 20.3 Å². The van der Waals surface area contributed by atoms with Gasteiger partial charge in [-0.2, -0.15) is 0 Å². The number of rotatable bonds is 5. The van der Waals surface area contributed by atoms with Crippen LogP contribution in [0, 0.1) is 0 Å². The zero-order chi connectivity index (χ0) is 11.4. The van der Waals surface area contributed by atoms with Crippen LogP contribution in [0.5, 0.6) is 0 Å². The molecule has 1 aliphatic rings. The molecular formula is C11H19N3O2. The van der Waals surface area contributed by atoms with Gasteiger partial charge in [0, 0.05) is 25.3 Å². The molecule has 0 aliphatic heterocycles. The van der Waals surface area contributed by atoms with Crippen molar-refractivity contribution >= 4 is 0 Å². The fourth-order valence-electron chi connectivity index (χ4n) is 1.95. The van der Waals surface area contributed by atoms with Crippen molar-refractivity contribution in [3.8, 4) is 0 Å². The summed E-state index contributed by atoms with van der Waals surface area (Å²) in [5, 5.41) is 0. The molecule has 0 saturated carbocycles. The van der Waals surface area contributed by atoms with Gasteiger partial charge in [-0.25, -0.2) is 4.98 Å². The summed E-state index contributed by atoms with van der Waals surface area (Å²) in [6.45, 7) is 1.73. The van der Waals surface area contributed by atoms with E-state index in [9.17, 15) is 0 Å². The quantitative estimate of drug-likeness (QED) is 0.711. The number of hydrogen-bond donors (Lipinski definition) is 2. The van der Waals surface area contributed by atoms with Crippen LogP contribution in [0.2, 0.25) is 0 Å². The lowest BCUT2D eigenvalue weighted by atomic mass is 9.97. The monoisotopic (exact) mass is 225 g/mol. The molecule has 1 aromatic heterocycles. The molecule has 5 nitrogen and oxygen atoms in total. The SMILES string of the molecule is COCCOCc1nc2c([nH]1)CC(N)CC2. The highest BCUT2D eigenvalue weighted by atomic mass is 16.5. The van der Waals surface area contributed by atoms with Gasteiger partial charge in [0.05, 0.1) is 18.9 Å². The maximum atomic E-state index is 5.90. The first-order chi connectivity index (χ1) is 7.79. The fourth-order valence-corrected chi connectivity index (χ4v) is 1.95. The lowest BCUT2D eigenvalue weighted by Gasteiger charge is -2.15. The van der Waals surface area contributed by atoms with E-state index in [0.717, 1.165) is 30.8 Å². The van der Waals surface area contributed by atoms with Gasteiger partial charge in [0.25, 0.3) is 0 Å². The minimum absolute atomic E-state index is 0.273. The van der Waals surface area contributed by atoms with Crippen molar-refractivity contribution in [2.24, 2.45) is 5.73 Å². The summed E-state index contributed by atoms with van der Waals surface area (Å²) in [7, 11) is 1.66. The van der Waals surface area contributed by atoms with Crippen molar-refractivity contribution in [1.29, 1.82) is 0 Å². The number of hydrogen-bond acceptors (Lipinski definition) is 4. The molecule has 0 bridgehead atoms. The largest absolute Gasteiger partial charge is 0.382 e. The normalized spacial score (nSPS) is 19.8. The van der Waals surface area contributed by atoms with Gasteiger partial charge >= 0.3 is 0 Å². The Labute approximate surface area is 95.3 Å². The molecule has 1 unspecified atom stereocenters. The first kappa shape index (κ1) is 11.6. The highest BCUT2D eigenvalue weighted by Crippen LogP contribution is 2.18. The Morgan fingerprint density at radius 2 is 2.38 bits per heavy atom. The Morgan fingerprint density at radius 3 is 3.19 bits per heavy atom. The van der Waals surface area contributed by atoms with Crippen LogP contribution in [0.1, 0.15) is 23.6 Å². The average Bonchev–Trinajstić information content (AvgIpc) is 2.66. The van der Waals surface area contributed by atoms with Crippen LogP contribution in [0.4, 0.5) is 0 Å². The highest BCUT2D eigenvalue weighted by Gasteiger charge is 2.19. The van der Waals surface area contributed by atoms with Crippen molar-refractivity contribution in [3.05, 3.63) is 17.2 Å². The van der Waals surface area contributed by atoms with E-state index in [1.165, 1.54) is 5.69 Å². The van der Waals surface area contributed by atoms with Crippen LogP contribution in [0.15, 0.2) is 0 Å². The third-order valence-electron chi connectivity index (χ3n) is 2.80. The molecule has 5 heteroatoms. The molecule has 0 fully saturated rings. The summed E-state index contributed by atoms with van der Waals surface area (Å²) < 4.78 is 10.3. The number of aryl methyl sites for hydroxylation is 1.